The van der Waals surface area contributed by atoms with Gasteiger partial charge in [-0.05, 0) is 37.2 Å². The lowest BCUT2D eigenvalue weighted by Gasteiger charge is -2.15. The molecule has 0 bridgehead atoms. The summed E-state index contributed by atoms with van der Waals surface area (Å²) in [6, 6.07) is 7.94. The summed E-state index contributed by atoms with van der Waals surface area (Å²) in [5.41, 5.74) is 1.70. The van der Waals surface area contributed by atoms with Gasteiger partial charge in [0.25, 0.3) is 0 Å². The summed E-state index contributed by atoms with van der Waals surface area (Å²) in [6.07, 6.45) is 2.82. The lowest BCUT2D eigenvalue weighted by atomic mass is 10.1. The van der Waals surface area contributed by atoms with E-state index >= 15 is 0 Å². The number of rotatable bonds is 2. The number of phenols is 1. The van der Waals surface area contributed by atoms with Gasteiger partial charge >= 0.3 is 0 Å². The minimum absolute atomic E-state index is 0.232. The number of nitrogens with one attached hydrogen (secondary N) is 2. The van der Waals surface area contributed by atoms with Gasteiger partial charge in [0.05, 0.1) is 0 Å². The Balaban J connectivity index is 2.01. The monoisotopic (exact) mass is 229 g/mol. The molecule has 0 saturated carbocycles. The molecule has 1 unspecified atom stereocenters. The molecule has 0 spiro atoms. The summed E-state index contributed by atoms with van der Waals surface area (Å²) >= 11 is 0. The highest BCUT2D eigenvalue weighted by Gasteiger charge is 2.15. The van der Waals surface area contributed by atoms with Crippen LogP contribution in [0.2, 0.25) is 0 Å². The lowest BCUT2D eigenvalue weighted by Crippen LogP contribution is -2.22. The molecule has 88 valence electrons. The van der Waals surface area contributed by atoms with Crippen molar-refractivity contribution in [3.63, 3.8) is 0 Å². The summed E-state index contributed by atoms with van der Waals surface area (Å²) in [4.78, 5) is 4.21. The first kappa shape index (κ1) is 10.4. The van der Waals surface area contributed by atoms with Crippen molar-refractivity contribution < 1.29 is 5.11 Å². The number of nitrogens with zero attached hydrogens (tertiary/aromatic N) is 1. The highest BCUT2D eigenvalue weighted by atomic mass is 16.3. The molecule has 1 aliphatic rings. The van der Waals surface area contributed by atoms with E-state index in [1.165, 1.54) is 0 Å². The molecule has 0 aliphatic carbocycles. The molecule has 1 fully saturated rings. The number of aromatic hydroxyl groups is 1. The maximum Gasteiger partial charge on any atom is 0.141 e. The predicted molar refractivity (Wildman–Crippen MR) is 68.3 cm³/mol. The van der Waals surface area contributed by atoms with Crippen LogP contribution in [0, 0.1) is 0 Å². The molecule has 4 heteroatoms. The second-order valence-electron chi connectivity index (χ2n) is 4.37. The van der Waals surface area contributed by atoms with E-state index in [-0.39, 0.29) is 5.75 Å². The van der Waals surface area contributed by atoms with Crippen molar-refractivity contribution in [3.8, 4) is 5.75 Å². The van der Waals surface area contributed by atoms with Crippen LogP contribution in [0.5, 0.6) is 5.75 Å². The van der Waals surface area contributed by atoms with Crippen LogP contribution in [0.3, 0.4) is 0 Å². The quantitative estimate of drug-likeness (QED) is 0.686. The van der Waals surface area contributed by atoms with E-state index in [1.54, 1.807) is 12.3 Å². The number of fused-ring (bicyclic) bond motifs is 1. The summed E-state index contributed by atoms with van der Waals surface area (Å²) in [6.45, 7) is 2.05. The number of anilines is 1. The van der Waals surface area contributed by atoms with Crippen LogP contribution in [0.1, 0.15) is 6.42 Å². The second-order valence-corrected chi connectivity index (χ2v) is 4.37. The highest BCUT2D eigenvalue weighted by Crippen LogP contribution is 2.29. The topological polar surface area (TPSA) is 57.2 Å². The van der Waals surface area contributed by atoms with Gasteiger partial charge in [-0.25, -0.2) is 0 Å². The van der Waals surface area contributed by atoms with E-state index in [4.69, 9.17) is 0 Å². The fourth-order valence-corrected chi connectivity index (χ4v) is 2.28. The SMILES string of the molecule is Oc1ccc(NC2CCNC2)c2cccnc12. The number of aromatic nitrogens is 1. The fraction of sp³-hybridized carbons (Fsp3) is 0.308. The van der Waals surface area contributed by atoms with Crippen molar-refractivity contribution in [1.82, 2.24) is 10.3 Å². The summed E-state index contributed by atoms with van der Waals surface area (Å²) in [5.74, 6) is 0.232. The maximum atomic E-state index is 9.75. The molecular formula is C13H15N3O. The molecule has 3 rings (SSSR count). The third-order valence-electron chi connectivity index (χ3n) is 3.17. The molecule has 0 radical (unpaired) electrons. The van der Waals surface area contributed by atoms with Crippen LogP contribution in [-0.4, -0.2) is 29.2 Å². The van der Waals surface area contributed by atoms with E-state index < -0.39 is 0 Å². The van der Waals surface area contributed by atoms with Crippen molar-refractivity contribution >= 4 is 16.6 Å². The van der Waals surface area contributed by atoms with E-state index in [0.29, 0.717) is 11.6 Å². The average Bonchev–Trinajstić information content (AvgIpc) is 2.86. The van der Waals surface area contributed by atoms with Gasteiger partial charge in [0.2, 0.25) is 0 Å². The first-order chi connectivity index (χ1) is 8.34. The molecule has 17 heavy (non-hydrogen) atoms. The predicted octanol–water partition coefficient (Wildman–Crippen LogP) is 1.71. The Hall–Kier alpha value is -1.81. The molecule has 1 aromatic carbocycles. The molecule has 4 nitrogen and oxygen atoms in total. The fourth-order valence-electron chi connectivity index (χ4n) is 2.28. The third kappa shape index (κ3) is 1.91. The number of hydrogen-bond donors (Lipinski definition) is 3. The minimum atomic E-state index is 0.232. The van der Waals surface area contributed by atoms with E-state index in [2.05, 4.69) is 15.6 Å². The number of phenolic OH excluding ortho intramolecular Hbond substituents is 1. The standard InChI is InChI=1S/C13H15N3O/c17-12-4-3-11(16-9-5-7-14-8-9)10-2-1-6-15-13(10)12/h1-4,6,9,14,16-17H,5,7-8H2. The molecular weight excluding hydrogens is 214 g/mol. The van der Waals surface area contributed by atoms with Crippen molar-refractivity contribution in [2.24, 2.45) is 0 Å². The molecule has 0 amide bonds. The summed E-state index contributed by atoms with van der Waals surface area (Å²) in [7, 11) is 0. The average molecular weight is 229 g/mol. The van der Waals surface area contributed by atoms with Gasteiger partial charge in [0.1, 0.15) is 11.3 Å². The van der Waals surface area contributed by atoms with Gasteiger partial charge < -0.3 is 15.7 Å². The van der Waals surface area contributed by atoms with Crippen LogP contribution in [0.4, 0.5) is 5.69 Å². The molecule has 1 aliphatic heterocycles. The first-order valence-electron chi connectivity index (χ1n) is 5.88. The molecule has 2 aromatic rings. The van der Waals surface area contributed by atoms with Crippen molar-refractivity contribution in [3.05, 3.63) is 30.5 Å². The van der Waals surface area contributed by atoms with Gasteiger partial charge in [-0.2, -0.15) is 0 Å². The Kier molecular flexibility index (Phi) is 2.57. The molecule has 1 atom stereocenters. The Morgan fingerprint density at radius 1 is 1.35 bits per heavy atom. The van der Waals surface area contributed by atoms with Crippen LogP contribution in [-0.2, 0) is 0 Å². The van der Waals surface area contributed by atoms with E-state index in [9.17, 15) is 5.11 Å². The van der Waals surface area contributed by atoms with Gasteiger partial charge in [0.15, 0.2) is 0 Å². The van der Waals surface area contributed by atoms with E-state index in [1.807, 2.05) is 18.2 Å². The van der Waals surface area contributed by atoms with Crippen molar-refractivity contribution in [2.45, 2.75) is 12.5 Å². The number of pyridine rings is 1. The zero-order valence-corrected chi connectivity index (χ0v) is 9.48. The molecule has 1 saturated heterocycles. The van der Waals surface area contributed by atoms with Crippen molar-refractivity contribution in [1.29, 1.82) is 0 Å². The van der Waals surface area contributed by atoms with Crippen LogP contribution in [0.15, 0.2) is 30.5 Å². The Morgan fingerprint density at radius 3 is 3.12 bits per heavy atom. The van der Waals surface area contributed by atoms with E-state index in [0.717, 1.165) is 30.6 Å². The largest absolute Gasteiger partial charge is 0.506 e. The lowest BCUT2D eigenvalue weighted by molar-refractivity contribution is 0.480. The number of benzene rings is 1. The van der Waals surface area contributed by atoms with Gasteiger partial charge in [-0.1, -0.05) is 0 Å². The number of hydrogen-bond acceptors (Lipinski definition) is 4. The first-order valence-corrected chi connectivity index (χ1v) is 5.88. The normalized spacial score (nSPS) is 19.6. The van der Waals surface area contributed by atoms with Gasteiger partial charge in [-0.15, -0.1) is 0 Å². The molecule has 3 N–H and O–H groups in total. The van der Waals surface area contributed by atoms with Crippen LogP contribution in [0.25, 0.3) is 10.9 Å². The Labute approximate surface area is 99.7 Å². The zero-order valence-electron chi connectivity index (χ0n) is 9.48. The smallest absolute Gasteiger partial charge is 0.141 e. The van der Waals surface area contributed by atoms with Crippen LogP contribution >= 0.6 is 0 Å². The summed E-state index contributed by atoms with van der Waals surface area (Å²) < 4.78 is 0. The highest BCUT2D eigenvalue weighted by molar-refractivity contribution is 5.95. The Bertz CT molecular complexity index is 535. The molecule has 2 heterocycles. The third-order valence-corrected chi connectivity index (χ3v) is 3.17. The van der Waals surface area contributed by atoms with Gasteiger partial charge in [-0.3, -0.25) is 4.98 Å². The van der Waals surface area contributed by atoms with Crippen molar-refractivity contribution in [2.75, 3.05) is 18.4 Å². The maximum absolute atomic E-state index is 9.75. The minimum Gasteiger partial charge on any atom is -0.506 e. The van der Waals surface area contributed by atoms with Gasteiger partial charge in [0, 0.05) is 29.9 Å². The Morgan fingerprint density at radius 2 is 2.29 bits per heavy atom. The molecule has 1 aromatic heterocycles. The summed E-state index contributed by atoms with van der Waals surface area (Å²) in [5, 5.41) is 17.5. The second kappa shape index (κ2) is 4.22. The zero-order chi connectivity index (χ0) is 11.7. The van der Waals surface area contributed by atoms with Crippen LogP contribution < -0.4 is 10.6 Å².